The molecule has 0 aromatic rings. The third kappa shape index (κ3) is 2.89. The minimum absolute atomic E-state index is 0.0492. The molecule has 0 aliphatic carbocycles. The van der Waals surface area contributed by atoms with Gasteiger partial charge in [0.2, 0.25) is 0 Å². The van der Waals surface area contributed by atoms with Crippen molar-refractivity contribution in [2.75, 3.05) is 6.61 Å². The lowest BCUT2D eigenvalue weighted by Gasteiger charge is -2.27. The lowest BCUT2D eigenvalue weighted by Crippen LogP contribution is -2.32. The third-order valence-electron chi connectivity index (χ3n) is 2.41. The SMILES string of the molecule is CC(C)CC1(CC(C)C)COC(N)=N1. The second-order valence-electron chi connectivity index (χ2n) is 5.16. The number of nitrogens with two attached hydrogens (primary N) is 1. The van der Waals surface area contributed by atoms with Gasteiger partial charge in [0.15, 0.2) is 0 Å². The Labute approximate surface area is 86.7 Å². The van der Waals surface area contributed by atoms with Crippen molar-refractivity contribution in [2.24, 2.45) is 22.6 Å². The fourth-order valence-electron chi connectivity index (χ4n) is 2.32. The van der Waals surface area contributed by atoms with Crippen LogP contribution in [-0.4, -0.2) is 18.2 Å². The van der Waals surface area contributed by atoms with E-state index in [1.807, 2.05) is 0 Å². The Hall–Kier alpha value is -0.730. The predicted molar refractivity (Wildman–Crippen MR) is 59.2 cm³/mol. The molecule has 3 heteroatoms. The molecule has 82 valence electrons. The van der Waals surface area contributed by atoms with Gasteiger partial charge in [-0.2, -0.15) is 0 Å². The highest BCUT2D eigenvalue weighted by molar-refractivity contribution is 5.73. The smallest absolute Gasteiger partial charge is 0.282 e. The van der Waals surface area contributed by atoms with Crippen LogP contribution in [-0.2, 0) is 4.74 Å². The van der Waals surface area contributed by atoms with Gasteiger partial charge in [-0.3, -0.25) is 0 Å². The first-order valence-electron chi connectivity index (χ1n) is 5.42. The van der Waals surface area contributed by atoms with Crippen molar-refractivity contribution in [2.45, 2.75) is 46.1 Å². The molecule has 1 aliphatic heterocycles. The van der Waals surface area contributed by atoms with E-state index >= 15 is 0 Å². The summed E-state index contributed by atoms with van der Waals surface area (Å²) in [6.45, 7) is 9.52. The Kier molecular flexibility index (Phi) is 3.40. The van der Waals surface area contributed by atoms with Crippen molar-refractivity contribution in [1.29, 1.82) is 0 Å². The molecule has 3 nitrogen and oxygen atoms in total. The number of nitrogens with zero attached hydrogens (tertiary/aromatic N) is 1. The van der Waals surface area contributed by atoms with Crippen LogP contribution in [0.25, 0.3) is 0 Å². The minimum Gasteiger partial charge on any atom is -0.463 e. The normalized spacial score (nSPS) is 20.0. The zero-order valence-corrected chi connectivity index (χ0v) is 9.71. The molecular formula is C11H22N2O. The highest BCUT2D eigenvalue weighted by atomic mass is 16.5. The van der Waals surface area contributed by atoms with Crippen molar-refractivity contribution in [3.05, 3.63) is 0 Å². The molecule has 0 spiro atoms. The van der Waals surface area contributed by atoms with Gasteiger partial charge in [-0.1, -0.05) is 27.7 Å². The first-order chi connectivity index (χ1) is 6.43. The highest BCUT2D eigenvalue weighted by Crippen LogP contribution is 2.32. The molecule has 1 heterocycles. The third-order valence-corrected chi connectivity index (χ3v) is 2.41. The number of hydrogen-bond donors (Lipinski definition) is 1. The molecule has 14 heavy (non-hydrogen) atoms. The minimum atomic E-state index is -0.0492. The van der Waals surface area contributed by atoms with Crippen LogP contribution in [0.5, 0.6) is 0 Å². The maximum absolute atomic E-state index is 5.59. The van der Waals surface area contributed by atoms with Gasteiger partial charge < -0.3 is 10.5 Å². The van der Waals surface area contributed by atoms with Crippen molar-refractivity contribution in [1.82, 2.24) is 0 Å². The van der Waals surface area contributed by atoms with E-state index in [2.05, 4.69) is 32.7 Å². The van der Waals surface area contributed by atoms with E-state index in [1.165, 1.54) is 0 Å². The molecule has 0 saturated heterocycles. The van der Waals surface area contributed by atoms with Crippen LogP contribution in [0.2, 0.25) is 0 Å². The summed E-state index contributed by atoms with van der Waals surface area (Å²) in [6, 6.07) is 0.367. The number of aliphatic imine (C=N–C) groups is 1. The monoisotopic (exact) mass is 198 g/mol. The summed E-state index contributed by atoms with van der Waals surface area (Å²) in [6.07, 6.45) is 2.12. The van der Waals surface area contributed by atoms with E-state index in [1.54, 1.807) is 0 Å². The molecule has 0 fully saturated rings. The standard InChI is InChI=1S/C11H22N2O/c1-8(2)5-11(6-9(3)4)7-14-10(12)13-11/h8-9H,5-7H2,1-4H3,(H2,12,13). The summed E-state index contributed by atoms with van der Waals surface area (Å²) in [4.78, 5) is 4.47. The maximum atomic E-state index is 5.59. The Balaban J connectivity index is 2.70. The summed E-state index contributed by atoms with van der Waals surface area (Å²) in [5, 5.41) is 0. The van der Waals surface area contributed by atoms with E-state index in [9.17, 15) is 0 Å². The average molecular weight is 198 g/mol. The van der Waals surface area contributed by atoms with Gasteiger partial charge in [0, 0.05) is 0 Å². The summed E-state index contributed by atoms with van der Waals surface area (Å²) >= 11 is 0. The quantitative estimate of drug-likeness (QED) is 0.752. The van der Waals surface area contributed by atoms with E-state index in [4.69, 9.17) is 10.5 Å². The van der Waals surface area contributed by atoms with E-state index < -0.39 is 0 Å². The summed E-state index contributed by atoms with van der Waals surface area (Å²) in [5.74, 6) is 1.26. The summed E-state index contributed by atoms with van der Waals surface area (Å²) in [5.41, 5.74) is 5.54. The van der Waals surface area contributed by atoms with E-state index in [0.29, 0.717) is 24.5 Å². The van der Waals surface area contributed by atoms with Crippen LogP contribution in [0.15, 0.2) is 4.99 Å². The number of amidine groups is 1. The van der Waals surface area contributed by atoms with Gasteiger partial charge in [-0.25, -0.2) is 4.99 Å². The maximum Gasteiger partial charge on any atom is 0.282 e. The second kappa shape index (κ2) is 4.20. The zero-order chi connectivity index (χ0) is 10.8. The van der Waals surface area contributed by atoms with Crippen LogP contribution in [0.1, 0.15) is 40.5 Å². The fraction of sp³-hybridized carbons (Fsp3) is 0.909. The lowest BCUT2D eigenvalue weighted by atomic mass is 9.83. The van der Waals surface area contributed by atoms with E-state index in [0.717, 1.165) is 12.8 Å². The highest BCUT2D eigenvalue weighted by Gasteiger charge is 2.37. The molecule has 1 aliphatic rings. The topological polar surface area (TPSA) is 47.6 Å². The van der Waals surface area contributed by atoms with Crippen LogP contribution in [0, 0.1) is 11.8 Å². The Bertz CT molecular complexity index is 211. The number of rotatable bonds is 4. The number of hydrogen-bond acceptors (Lipinski definition) is 3. The van der Waals surface area contributed by atoms with Crippen molar-refractivity contribution in [3.63, 3.8) is 0 Å². The van der Waals surface area contributed by atoms with Crippen molar-refractivity contribution < 1.29 is 4.74 Å². The molecule has 0 radical (unpaired) electrons. The van der Waals surface area contributed by atoms with Gasteiger partial charge in [0.1, 0.15) is 12.1 Å². The zero-order valence-electron chi connectivity index (χ0n) is 9.71. The van der Waals surface area contributed by atoms with Crippen LogP contribution in [0.3, 0.4) is 0 Å². The second-order valence-corrected chi connectivity index (χ2v) is 5.16. The lowest BCUT2D eigenvalue weighted by molar-refractivity contribution is 0.200. The summed E-state index contributed by atoms with van der Waals surface area (Å²) < 4.78 is 5.30. The van der Waals surface area contributed by atoms with Crippen LogP contribution in [0.4, 0.5) is 0 Å². The van der Waals surface area contributed by atoms with Gasteiger partial charge >= 0.3 is 0 Å². The predicted octanol–water partition coefficient (Wildman–Crippen LogP) is 2.16. The Morgan fingerprint density at radius 2 is 1.79 bits per heavy atom. The molecular weight excluding hydrogens is 176 g/mol. The van der Waals surface area contributed by atoms with Crippen LogP contribution < -0.4 is 5.73 Å². The molecule has 0 amide bonds. The molecule has 2 N–H and O–H groups in total. The van der Waals surface area contributed by atoms with Crippen LogP contribution >= 0.6 is 0 Å². The van der Waals surface area contributed by atoms with Gasteiger partial charge in [0.05, 0.1) is 0 Å². The molecule has 0 unspecified atom stereocenters. The fourth-order valence-corrected chi connectivity index (χ4v) is 2.32. The molecule has 0 aromatic carbocycles. The van der Waals surface area contributed by atoms with Crippen molar-refractivity contribution in [3.8, 4) is 0 Å². The number of ether oxygens (including phenoxy) is 1. The molecule has 0 saturated carbocycles. The molecule has 0 bridgehead atoms. The molecule has 0 atom stereocenters. The molecule has 1 rings (SSSR count). The van der Waals surface area contributed by atoms with E-state index in [-0.39, 0.29) is 5.54 Å². The Morgan fingerprint density at radius 3 is 2.07 bits per heavy atom. The van der Waals surface area contributed by atoms with Gasteiger partial charge in [-0.05, 0) is 24.7 Å². The largest absolute Gasteiger partial charge is 0.463 e. The van der Waals surface area contributed by atoms with Gasteiger partial charge in [-0.15, -0.1) is 0 Å². The summed E-state index contributed by atoms with van der Waals surface area (Å²) in [7, 11) is 0. The van der Waals surface area contributed by atoms with Gasteiger partial charge in [0.25, 0.3) is 6.02 Å². The molecule has 0 aromatic heterocycles. The first-order valence-corrected chi connectivity index (χ1v) is 5.42. The van der Waals surface area contributed by atoms with Crippen molar-refractivity contribution >= 4 is 6.02 Å². The average Bonchev–Trinajstić information content (AvgIpc) is 2.28. The Morgan fingerprint density at radius 1 is 1.29 bits per heavy atom. The first kappa shape index (κ1) is 11.3.